The highest BCUT2D eigenvalue weighted by atomic mass is 15.1. The van der Waals surface area contributed by atoms with Crippen molar-refractivity contribution in [3.63, 3.8) is 0 Å². The number of benzene rings is 1. The summed E-state index contributed by atoms with van der Waals surface area (Å²) in [5, 5.41) is 3.31. The second-order valence-electron chi connectivity index (χ2n) is 7.78. The number of nitrogens with one attached hydrogen (secondary N) is 1. The summed E-state index contributed by atoms with van der Waals surface area (Å²) in [6.45, 7) is 15.2. The van der Waals surface area contributed by atoms with Gasteiger partial charge in [-0.15, -0.1) is 0 Å². The molecular formula is C18H26N4. The van der Waals surface area contributed by atoms with Crippen LogP contribution in [0.25, 0.3) is 0 Å². The first-order chi connectivity index (χ1) is 10.1. The van der Waals surface area contributed by atoms with Gasteiger partial charge in [0, 0.05) is 5.69 Å². The summed E-state index contributed by atoms with van der Waals surface area (Å²) in [4.78, 5) is 12.5. The first kappa shape index (κ1) is 16.4. The molecule has 0 unspecified atom stereocenters. The number of rotatable bonds is 2. The topological polar surface area (TPSA) is 50.7 Å². The van der Waals surface area contributed by atoms with Gasteiger partial charge in [-0.2, -0.15) is 4.98 Å². The third kappa shape index (κ3) is 4.03. The standard InChI is InChI=1S/C18H26N4/c1-12-19-11-20-16(21-12)22-15-9-13(17(2,3)4)8-14(10-15)18(5,6)7/h8-11H,1-7H3,(H,19,20,21,22). The van der Waals surface area contributed by atoms with E-state index >= 15 is 0 Å². The van der Waals surface area contributed by atoms with Crippen LogP contribution in [0.15, 0.2) is 24.5 Å². The number of hydrogen-bond donors (Lipinski definition) is 1. The van der Waals surface area contributed by atoms with E-state index in [-0.39, 0.29) is 10.8 Å². The van der Waals surface area contributed by atoms with Gasteiger partial charge in [0.05, 0.1) is 0 Å². The van der Waals surface area contributed by atoms with Crippen LogP contribution < -0.4 is 5.32 Å². The summed E-state index contributed by atoms with van der Waals surface area (Å²) < 4.78 is 0. The molecule has 1 aromatic carbocycles. The van der Waals surface area contributed by atoms with E-state index in [0.717, 1.165) is 5.69 Å². The number of hydrogen-bond acceptors (Lipinski definition) is 4. The monoisotopic (exact) mass is 298 g/mol. The second-order valence-corrected chi connectivity index (χ2v) is 7.78. The number of aryl methyl sites for hydroxylation is 1. The van der Waals surface area contributed by atoms with Gasteiger partial charge in [-0.1, -0.05) is 47.6 Å². The van der Waals surface area contributed by atoms with Gasteiger partial charge < -0.3 is 5.32 Å². The van der Waals surface area contributed by atoms with Crippen LogP contribution in [0.4, 0.5) is 11.6 Å². The van der Waals surface area contributed by atoms with Crippen LogP contribution in [-0.4, -0.2) is 15.0 Å². The van der Waals surface area contributed by atoms with Crippen LogP contribution in [0.3, 0.4) is 0 Å². The Balaban J connectivity index is 2.46. The summed E-state index contributed by atoms with van der Waals surface area (Å²) >= 11 is 0. The molecule has 2 rings (SSSR count). The van der Waals surface area contributed by atoms with Gasteiger partial charge in [0.1, 0.15) is 12.2 Å². The predicted molar refractivity (Wildman–Crippen MR) is 91.7 cm³/mol. The summed E-state index contributed by atoms with van der Waals surface area (Å²) in [5.74, 6) is 1.29. The van der Waals surface area contributed by atoms with Gasteiger partial charge in [0.2, 0.25) is 5.95 Å². The van der Waals surface area contributed by atoms with E-state index < -0.39 is 0 Å². The van der Waals surface area contributed by atoms with Crippen LogP contribution in [0.5, 0.6) is 0 Å². The lowest BCUT2D eigenvalue weighted by Crippen LogP contribution is -2.17. The van der Waals surface area contributed by atoms with Crippen molar-refractivity contribution in [3.8, 4) is 0 Å². The maximum absolute atomic E-state index is 4.32. The molecule has 0 fully saturated rings. The van der Waals surface area contributed by atoms with Crippen molar-refractivity contribution < 1.29 is 0 Å². The molecule has 1 aromatic heterocycles. The molecule has 4 nitrogen and oxygen atoms in total. The smallest absolute Gasteiger partial charge is 0.230 e. The summed E-state index contributed by atoms with van der Waals surface area (Å²) in [7, 11) is 0. The Morgan fingerprint density at radius 1 is 0.818 bits per heavy atom. The zero-order chi connectivity index (χ0) is 16.5. The van der Waals surface area contributed by atoms with Crippen molar-refractivity contribution in [2.75, 3.05) is 5.32 Å². The molecule has 0 spiro atoms. The lowest BCUT2D eigenvalue weighted by molar-refractivity contribution is 0.569. The molecule has 0 atom stereocenters. The summed E-state index contributed by atoms with van der Waals surface area (Å²) in [6, 6.07) is 6.65. The molecule has 0 bridgehead atoms. The lowest BCUT2D eigenvalue weighted by atomic mass is 9.80. The Morgan fingerprint density at radius 3 is 1.82 bits per heavy atom. The lowest BCUT2D eigenvalue weighted by Gasteiger charge is -2.26. The Labute approximate surface area is 133 Å². The van der Waals surface area contributed by atoms with Gasteiger partial charge >= 0.3 is 0 Å². The third-order valence-electron chi connectivity index (χ3n) is 3.61. The minimum Gasteiger partial charge on any atom is -0.324 e. The largest absolute Gasteiger partial charge is 0.324 e. The van der Waals surface area contributed by atoms with Gasteiger partial charge in [-0.3, -0.25) is 0 Å². The molecule has 0 aliphatic heterocycles. The van der Waals surface area contributed by atoms with Gasteiger partial charge in [-0.05, 0) is 41.0 Å². The fourth-order valence-corrected chi connectivity index (χ4v) is 2.13. The molecule has 0 saturated heterocycles. The highest BCUT2D eigenvalue weighted by Gasteiger charge is 2.20. The van der Waals surface area contributed by atoms with Crippen LogP contribution in [-0.2, 0) is 10.8 Å². The van der Waals surface area contributed by atoms with Crippen molar-refractivity contribution in [1.82, 2.24) is 15.0 Å². The molecular weight excluding hydrogens is 272 g/mol. The summed E-state index contributed by atoms with van der Waals surface area (Å²) in [6.07, 6.45) is 1.53. The highest BCUT2D eigenvalue weighted by molar-refractivity contribution is 5.57. The fourth-order valence-electron chi connectivity index (χ4n) is 2.13. The van der Waals surface area contributed by atoms with E-state index in [1.54, 1.807) is 0 Å². The van der Waals surface area contributed by atoms with Crippen molar-refractivity contribution in [3.05, 3.63) is 41.5 Å². The van der Waals surface area contributed by atoms with Crippen LogP contribution in [0.2, 0.25) is 0 Å². The van der Waals surface area contributed by atoms with Crippen molar-refractivity contribution >= 4 is 11.6 Å². The van der Waals surface area contributed by atoms with Crippen LogP contribution >= 0.6 is 0 Å². The van der Waals surface area contributed by atoms with E-state index in [2.05, 4.69) is 80.0 Å². The minimum absolute atomic E-state index is 0.0900. The van der Waals surface area contributed by atoms with Gasteiger partial charge in [0.15, 0.2) is 0 Å². The third-order valence-corrected chi connectivity index (χ3v) is 3.61. The van der Waals surface area contributed by atoms with Crippen molar-refractivity contribution in [2.45, 2.75) is 59.3 Å². The average Bonchev–Trinajstić information content (AvgIpc) is 2.36. The molecule has 1 heterocycles. The van der Waals surface area contributed by atoms with E-state index in [0.29, 0.717) is 11.8 Å². The van der Waals surface area contributed by atoms with Gasteiger partial charge in [-0.25, -0.2) is 9.97 Å². The molecule has 22 heavy (non-hydrogen) atoms. The molecule has 0 radical (unpaired) electrons. The Kier molecular flexibility index (Phi) is 4.23. The highest BCUT2D eigenvalue weighted by Crippen LogP contribution is 2.32. The number of anilines is 2. The SMILES string of the molecule is Cc1ncnc(Nc2cc(C(C)(C)C)cc(C(C)(C)C)c2)n1. The Bertz CT molecular complexity index is 631. The van der Waals surface area contributed by atoms with Gasteiger partial charge in [0.25, 0.3) is 0 Å². The Morgan fingerprint density at radius 2 is 1.36 bits per heavy atom. The molecule has 0 aliphatic carbocycles. The summed E-state index contributed by atoms with van der Waals surface area (Å²) in [5.41, 5.74) is 3.80. The normalized spacial score (nSPS) is 12.3. The Hall–Kier alpha value is -1.97. The van der Waals surface area contributed by atoms with E-state index in [9.17, 15) is 0 Å². The van der Waals surface area contributed by atoms with Crippen molar-refractivity contribution in [2.24, 2.45) is 0 Å². The first-order valence-electron chi connectivity index (χ1n) is 7.64. The second kappa shape index (κ2) is 5.67. The molecule has 1 N–H and O–H groups in total. The fraction of sp³-hybridized carbons (Fsp3) is 0.500. The molecule has 4 heteroatoms. The van der Waals surface area contributed by atoms with E-state index in [1.165, 1.54) is 17.5 Å². The van der Waals surface area contributed by atoms with Crippen LogP contribution in [0.1, 0.15) is 58.5 Å². The number of nitrogens with zero attached hydrogens (tertiary/aromatic N) is 3. The zero-order valence-electron chi connectivity index (χ0n) is 14.7. The quantitative estimate of drug-likeness (QED) is 0.885. The maximum Gasteiger partial charge on any atom is 0.230 e. The van der Waals surface area contributed by atoms with Crippen LogP contribution in [0, 0.1) is 6.92 Å². The van der Waals surface area contributed by atoms with Crippen molar-refractivity contribution in [1.29, 1.82) is 0 Å². The molecule has 118 valence electrons. The zero-order valence-corrected chi connectivity index (χ0v) is 14.7. The number of aromatic nitrogens is 3. The molecule has 0 aliphatic rings. The molecule has 2 aromatic rings. The minimum atomic E-state index is 0.0900. The first-order valence-corrected chi connectivity index (χ1v) is 7.64. The molecule has 0 amide bonds. The van der Waals surface area contributed by atoms with E-state index in [1.807, 2.05) is 6.92 Å². The average molecular weight is 298 g/mol. The predicted octanol–water partition coefficient (Wildman–Crippen LogP) is 4.52. The molecule has 0 saturated carbocycles. The van der Waals surface area contributed by atoms with E-state index in [4.69, 9.17) is 0 Å². The maximum atomic E-state index is 4.32.